The van der Waals surface area contributed by atoms with Crippen LogP contribution < -0.4 is 10.4 Å². The Labute approximate surface area is 160 Å². The van der Waals surface area contributed by atoms with Crippen molar-refractivity contribution in [1.29, 1.82) is 5.26 Å². The Bertz CT molecular complexity index is 976. The second-order valence-corrected chi connectivity index (χ2v) is 7.18. The van der Waals surface area contributed by atoms with Crippen LogP contribution in [0.2, 0.25) is 5.02 Å². The van der Waals surface area contributed by atoms with Crippen LogP contribution in [0.5, 0.6) is 0 Å². The van der Waals surface area contributed by atoms with Crippen molar-refractivity contribution in [3.63, 3.8) is 0 Å². The maximum Gasteiger partial charge on any atom is 0.166 e. The van der Waals surface area contributed by atoms with Gasteiger partial charge in [-0.05, 0) is 6.07 Å². The molecule has 1 saturated heterocycles. The third-order valence-corrected chi connectivity index (χ3v) is 5.76. The molecule has 6 nitrogen and oxygen atoms in total. The molecule has 0 bridgehead atoms. The van der Waals surface area contributed by atoms with Crippen molar-refractivity contribution in [1.82, 2.24) is 15.2 Å². The molecule has 1 aliphatic rings. The van der Waals surface area contributed by atoms with Gasteiger partial charge in [0, 0.05) is 29.2 Å². The van der Waals surface area contributed by atoms with E-state index in [1.54, 1.807) is 12.1 Å². The largest absolute Gasteiger partial charge is 0.378 e. The zero-order valence-electron chi connectivity index (χ0n) is 13.7. The monoisotopic (exact) mass is 381 g/mol. The highest BCUT2D eigenvalue weighted by Gasteiger charge is 2.27. The summed E-state index contributed by atoms with van der Waals surface area (Å²) < 4.78 is 5.44. The van der Waals surface area contributed by atoms with Crippen LogP contribution in [0, 0.1) is 11.3 Å². The molecular weight excluding hydrogens is 369 g/mol. The normalized spacial score (nSPS) is 14.4. The molecule has 4 rings (SSSR count). The number of nitrogens with zero attached hydrogens (tertiary/aromatic N) is 4. The lowest BCUT2D eigenvalue weighted by Crippen LogP contribution is -2.36. The Kier molecular flexibility index (Phi) is 4.68. The number of rotatable bonds is 3. The molecule has 0 unspecified atom stereocenters. The molecule has 9 heteroatoms. The van der Waals surface area contributed by atoms with Gasteiger partial charge in [-0.3, -0.25) is 5.10 Å². The lowest BCUT2D eigenvalue weighted by Gasteiger charge is -2.27. The van der Waals surface area contributed by atoms with Crippen molar-refractivity contribution in [2.24, 2.45) is 0 Å². The van der Waals surface area contributed by atoms with Gasteiger partial charge < -0.3 is 9.64 Å². The van der Waals surface area contributed by atoms with E-state index in [1.807, 2.05) is 6.07 Å². The fraction of sp³-hybridized carbons (Fsp3) is 0.235. The Morgan fingerprint density at radius 2 is 2.15 bits per heavy atom. The molecule has 1 fully saturated rings. The summed E-state index contributed by atoms with van der Waals surface area (Å²) in [4.78, 5) is 7.27. The van der Waals surface area contributed by atoms with Gasteiger partial charge >= 0.3 is 0 Å². The number of hydrogen-bond acceptors (Lipinski definition) is 6. The van der Waals surface area contributed by atoms with E-state index in [-0.39, 0.29) is 0 Å². The predicted molar refractivity (Wildman–Crippen MR) is 103 cm³/mol. The van der Waals surface area contributed by atoms with Gasteiger partial charge in [0.15, 0.2) is 5.82 Å². The maximum atomic E-state index is 9.93. The first-order chi connectivity index (χ1) is 12.7. The number of halogens is 1. The SMILES string of the molecule is [B]c1ccc(-c2c(-c3ncn[nH]3)sc(N3CCOCC3)c2C#N)c(Cl)c1. The molecule has 0 amide bonds. The van der Waals surface area contributed by atoms with Gasteiger partial charge in [-0.25, -0.2) is 4.98 Å². The zero-order valence-corrected chi connectivity index (χ0v) is 15.3. The number of benzene rings is 1. The number of aromatic amines is 1. The summed E-state index contributed by atoms with van der Waals surface area (Å²) in [6, 6.07) is 7.66. The van der Waals surface area contributed by atoms with Crippen LogP contribution in [0.1, 0.15) is 5.56 Å². The molecule has 1 aliphatic heterocycles. The van der Waals surface area contributed by atoms with Crippen LogP contribution in [-0.4, -0.2) is 49.3 Å². The van der Waals surface area contributed by atoms with Gasteiger partial charge in [0.05, 0.1) is 23.7 Å². The lowest BCUT2D eigenvalue weighted by molar-refractivity contribution is 0.123. The summed E-state index contributed by atoms with van der Waals surface area (Å²) in [5.74, 6) is 0.605. The summed E-state index contributed by atoms with van der Waals surface area (Å²) in [7, 11) is 5.83. The second-order valence-electron chi connectivity index (χ2n) is 5.77. The molecule has 0 saturated carbocycles. The van der Waals surface area contributed by atoms with Crippen LogP contribution in [0.15, 0.2) is 24.5 Å². The van der Waals surface area contributed by atoms with Crippen molar-refractivity contribution < 1.29 is 4.74 Å². The molecule has 1 aromatic carbocycles. The minimum absolute atomic E-state index is 0.494. The summed E-state index contributed by atoms with van der Waals surface area (Å²) in [5, 5.41) is 18.2. The van der Waals surface area contributed by atoms with Crippen molar-refractivity contribution >= 4 is 41.2 Å². The van der Waals surface area contributed by atoms with Gasteiger partial charge in [-0.1, -0.05) is 29.2 Å². The second kappa shape index (κ2) is 7.12. The summed E-state index contributed by atoms with van der Waals surface area (Å²) in [5.41, 5.74) is 2.65. The van der Waals surface area contributed by atoms with E-state index >= 15 is 0 Å². The zero-order chi connectivity index (χ0) is 18.1. The van der Waals surface area contributed by atoms with Gasteiger partial charge in [0.1, 0.15) is 25.2 Å². The van der Waals surface area contributed by atoms with Crippen molar-refractivity contribution in [2.75, 3.05) is 31.2 Å². The minimum atomic E-state index is 0.494. The Morgan fingerprint density at radius 1 is 1.35 bits per heavy atom. The average molecular weight is 382 g/mol. The third-order valence-electron chi connectivity index (χ3n) is 4.19. The quantitative estimate of drug-likeness (QED) is 0.705. The van der Waals surface area contributed by atoms with Crippen LogP contribution in [0.4, 0.5) is 5.00 Å². The molecule has 1 N–H and O–H groups in total. The van der Waals surface area contributed by atoms with E-state index in [0.29, 0.717) is 35.1 Å². The van der Waals surface area contributed by atoms with Gasteiger partial charge in [0.2, 0.25) is 0 Å². The highest BCUT2D eigenvalue weighted by atomic mass is 35.5. The fourth-order valence-electron chi connectivity index (χ4n) is 2.98. The Hall–Kier alpha value is -2.34. The van der Waals surface area contributed by atoms with Crippen molar-refractivity contribution in [3.05, 3.63) is 35.1 Å². The molecule has 0 spiro atoms. The number of hydrogen-bond donors (Lipinski definition) is 1. The standard InChI is InChI=1S/C17H13BClN5OS/c18-10-1-2-11(13(19)7-10)14-12(8-20)17(24-3-5-25-6-4-24)26-15(14)16-21-9-22-23-16/h1-2,7,9H,3-6H2,(H,21,22,23). The van der Waals surface area contributed by atoms with Crippen LogP contribution in [0.3, 0.4) is 0 Å². The summed E-state index contributed by atoms with van der Waals surface area (Å²) in [6.45, 7) is 2.75. The topological polar surface area (TPSA) is 77.8 Å². The van der Waals surface area contributed by atoms with E-state index in [0.717, 1.165) is 34.1 Å². The lowest BCUT2D eigenvalue weighted by atomic mass is 9.92. The van der Waals surface area contributed by atoms with E-state index in [4.69, 9.17) is 24.2 Å². The molecular formula is C17H13BClN5OS. The molecule has 3 aromatic rings. The number of thiophene rings is 1. The Morgan fingerprint density at radius 3 is 2.81 bits per heavy atom. The summed E-state index contributed by atoms with van der Waals surface area (Å²) in [6.07, 6.45) is 1.45. The van der Waals surface area contributed by atoms with Crippen LogP contribution >= 0.6 is 22.9 Å². The van der Waals surface area contributed by atoms with Gasteiger partial charge in [-0.2, -0.15) is 10.4 Å². The number of aromatic nitrogens is 3. The first kappa shape index (κ1) is 17.1. The molecule has 0 atom stereocenters. The van der Waals surface area contributed by atoms with Gasteiger partial charge in [0.25, 0.3) is 0 Å². The van der Waals surface area contributed by atoms with Crippen LogP contribution in [-0.2, 0) is 4.74 Å². The highest BCUT2D eigenvalue weighted by Crippen LogP contribution is 2.47. The molecule has 26 heavy (non-hydrogen) atoms. The first-order valence-corrected chi connectivity index (χ1v) is 9.19. The highest BCUT2D eigenvalue weighted by molar-refractivity contribution is 7.20. The number of anilines is 1. The van der Waals surface area contributed by atoms with E-state index in [1.165, 1.54) is 17.7 Å². The maximum absolute atomic E-state index is 9.93. The van der Waals surface area contributed by atoms with Crippen LogP contribution in [0.25, 0.3) is 21.8 Å². The molecule has 3 heterocycles. The Balaban J connectivity index is 1.95. The molecule has 0 aliphatic carbocycles. The number of morpholine rings is 1. The van der Waals surface area contributed by atoms with Gasteiger partial charge in [-0.15, -0.1) is 11.3 Å². The summed E-state index contributed by atoms with van der Waals surface area (Å²) >= 11 is 7.96. The number of nitrogens with one attached hydrogen (secondary N) is 1. The number of H-pyrrole nitrogens is 1. The predicted octanol–water partition coefficient (Wildman–Crippen LogP) is 2.36. The molecule has 128 valence electrons. The average Bonchev–Trinajstić information content (AvgIpc) is 3.30. The van der Waals surface area contributed by atoms with E-state index < -0.39 is 0 Å². The smallest absolute Gasteiger partial charge is 0.166 e. The first-order valence-electron chi connectivity index (χ1n) is 7.99. The molecule has 2 aromatic heterocycles. The third kappa shape index (κ3) is 2.99. The van der Waals surface area contributed by atoms with Crippen molar-refractivity contribution in [2.45, 2.75) is 0 Å². The molecule has 2 radical (unpaired) electrons. The minimum Gasteiger partial charge on any atom is -0.378 e. The van der Waals surface area contributed by atoms with Crippen molar-refractivity contribution in [3.8, 4) is 27.9 Å². The fourth-order valence-corrected chi connectivity index (χ4v) is 4.53. The number of ether oxygens (including phenoxy) is 1. The van der Waals surface area contributed by atoms with E-state index in [9.17, 15) is 5.26 Å². The van der Waals surface area contributed by atoms with E-state index in [2.05, 4.69) is 26.2 Å². The number of nitriles is 1.